The largest absolute Gasteiger partial charge is 0.343 e. The fraction of sp³-hybridized carbons (Fsp3) is 0.391. The third kappa shape index (κ3) is 4.87. The topological polar surface area (TPSA) is 75.4 Å². The Morgan fingerprint density at radius 1 is 1.06 bits per heavy atom. The molecular weight excluding hydrogens is 492 g/mol. The van der Waals surface area contributed by atoms with E-state index in [0.29, 0.717) is 46.0 Å². The van der Waals surface area contributed by atoms with Gasteiger partial charge < -0.3 is 16.0 Å². The Labute approximate surface area is 207 Å². The summed E-state index contributed by atoms with van der Waals surface area (Å²) in [6.45, 7) is 1.03. The fourth-order valence-electron chi connectivity index (χ4n) is 4.23. The van der Waals surface area contributed by atoms with E-state index in [1.807, 2.05) is 0 Å². The molecule has 0 aromatic heterocycles. The monoisotopic (exact) mass is 513 g/mol. The molecule has 2 fully saturated rings. The van der Waals surface area contributed by atoms with Crippen LogP contribution in [0.4, 0.5) is 0 Å². The van der Waals surface area contributed by atoms with Crippen molar-refractivity contribution in [1.29, 1.82) is 0 Å². The van der Waals surface area contributed by atoms with E-state index >= 15 is 0 Å². The van der Waals surface area contributed by atoms with Gasteiger partial charge in [0.25, 0.3) is 0 Å². The minimum absolute atomic E-state index is 0.0583. The molecule has 5 nitrogen and oxygen atoms in total. The predicted octanol–water partition coefficient (Wildman–Crippen LogP) is 4.62. The SMILES string of the molecule is N[C@@H]1CCN(C(=O)C(Cc2ccc(Cl)cc2Cl)NC(=O)C2(c3ccc(Cl)cc3Cl)CC2)C1. The molecule has 1 unspecified atom stereocenters. The number of nitrogens with two attached hydrogens (primary N) is 1. The van der Waals surface area contributed by atoms with Crippen LogP contribution in [0.15, 0.2) is 36.4 Å². The van der Waals surface area contributed by atoms with Gasteiger partial charge in [0.2, 0.25) is 11.8 Å². The van der Waals surface area contributed by atoms with Crippen LogP contribution in [-0.2, 0) is 21.4 Å². The zero-order valence-corrected chi connectivity index (χ0v) is 20.2. The van der Waals surface area contributed by atoms with E-state index in [1.165, 1.54) is 0 Å². The first kappa shape index (κ1) is 23.7. The number of halogens is 4. The molecule has 0 radical (unpaired) electrons. The number of nitrogens with one attached hydrogen (secondary N) is 1. The molecule has 32 heavy (non-hydrogen) atoms. The van der Waals surface area contributed by atoms with Crippen molar-refractivity contribution in [2.45, 2.75) is 43.2 Å². The van der Waals surface area contributed by atoms with Crippen LogP contribution < -0.4 is 11.1 Å². The molecule has 9 heteroatoms. The van der Waals surface area contributed by atoms with Gasteiger partial charge in [-0.2, -0.15) is 0 Å². The smallest absolute Gasteiger partial charge is 0.245 e. The second-order valence-corrected chi connectivity index (χ2v) is 10.2. The summed E-state index contributed by atoms with van der Waals surface area (Å²) in [6.07, 6.45) is 2.28. The molecule has 1 aliphatic carbocycles. The normalized spacial score (nSPS) is 20.2. The molecule has 1 saturated carbocycles. The average molecular weight is 515 g/mol. The van der Waals surface area contributed by atoms with E-state index in [9.17, 15) is 9.59 Å². The average Bonchev–Trinajstić information content (AvgIpc) is 3.42. The molecule has 1 aliphatic heterocycles. The summed E-state index contributed by atoms with van der Waals surface area (Å²) < 4.78 is 0. The van der Waals surface area contributed by atoms with Crippen LogP contribution in [0.3, 0.4) is 0 Å². The zero-order valence-electron chi connectivity index (χ0n) is 17.2. The van der Waals surface area contributed by atoms with Crippen molar-refractivity contribution in [3.05, 3.63) is 67.6 Å². The van der Waals surface area contributed by atoms with E-state index in [2.05, 4.69) is 5.32 Å². The van der Waals surface area contributed by atoms with Gasteiger partial charge in [0.15, 0.2) is 0 Å². The Kier molecular flexibility index (Phi) is 6.94. The van der Waals surface area contributed by atoms with Crippen molar-refractivity contribution in [2.24, 2.45) is 5.73 Å². The molecule has 1 saturated heterocycles. The molecule has 1 heterocycles. The number of hydrogen-bond donors (Lipinski definition) is 2. The van der Waals surface area contributed by atoms with Crippen LogP contribution in [0, 0.1) is 0 Å². The van der Waals surface area contributed by atoms with E-state index in [4.69, 9.17) is 52.1 Å². The molecule has 4 rings (SSSR count). The van der Waals surface area contributed by atoms with E-state index in [-0.39, 0.29) is 24.3 Å². The maximum atomic E-state index is 13.4. The number of hydrogen-bond acceptors (Lipinski definition) is 3. The maximum absolute atomic E-state index is 13.4. The maximum Gasteiger partial charge on any atom is 0.245 e. The molecule has 3 N–H and O–H groups in total. The Bertz CT molecular complexity index is 1060. The summed E-state index contributed by atoms with van der Waals surface area (Å²) >= 11 is 24.8. The van der Waals surface area contributed by atoms with Gasteiger partial charge in [-0.15, -0.1) is 0 Å². The van der Waals surface area contributed by atoms with Gasteiger partial charge in [-0.25, -0.2) is 0 Å². The predicted molar refractivity (Wildman–Crippen MR) is 129 cm³/mol. The first-order valence-electron chi connectivity index (χ1n) is 10.4. The molecule has 2 aliphatic rings. The second-order valence-electron chi connectivity index (χ2n) is 8.51. The zero-order chi connectivity index (χ0) is 23.0. The summed E-state index contributed by atoms with van der Waals surface area (Å²) in [5.74, 6) is -0.399. The highest BCUT2D eigenvalue weighted by molar-refractivity contribution is 6.35. The van der Waals surface area contributed by atoms with Crippen LogP contribution in [0.25, 0.3) is 0 Å². The molecule has 2 amide bonds. The van der Waals surface area contributed by atoms with Crippen molar-refractivity contribution >= 4 is 58.2 Å². The summed E-state index contributed by atoms with van der Waals surface area (Å²) in [6, 6.07) is 9.41. The van der Waals surface area contributed by atoms with Gasteiger partial charge in [-0.3, -0.25) is 9.59 Å². The van der Waals surface area contributed by atoms with E-state index < -0.39 is 11.5 Å². The highest BCUT2D eigenvalue weighted by Crippen LogP contribution is 2.51. The molecular formula is C23H23Cl4N3O2. The third-order valence-corrected chi connectivity index (χ3v) is 7.35. The minimum Gasteiger partial charge on any atom is -0.343 e. The molecule has 0 spiro atoms. The summed E-state index contributed by atoms with van der Waals surface area (Å²) in [5.41, 5.74) is 6.69. The molecule has 2 aromatic rings. The number of carbonyl (C=O) groups excluding carboxylic acids is 2. The molecule has 0 bridgehead atoms. The Morgan fingerprint density at radius 2 is 1.72 bits per heavy atom. The van der Waals surface area contributed by atoms with Crippen molar-refractivity contribution in [1.82, 2.24) is 10.2 Å². The van der Waals surface area contributed by atoms with Crippen molar-refractivity contribution < 1.29 is 9.59 Å². The fourth-order valence-corrected chi connectivity index (χ4v) is 5.31. The third-order valence-electron chi connectivity index (χ3n) is 6.21. The van der Waals surface area contributed by atoms with E-state index in [0.717, 1.165) is 17.5 Å². The van der Waals surface area contributed by atoms with Gasteiger partial charge >= 0.3 is 0 Å². The standard InChI is InChI=1S/C23H23Cl4N3O2/c24-14-2-1-13(18(26)10-14)9-20(21(31)30-8-5-16(28)12-30)29-22(32)23(6-7-23)17-4-3-15(25)11-19(17)27/h1-4,10-11,16,20H,5-9,12,28H2,(H,29,32)/t16-,20?/m1/s1. The first-order chi connectivity index (χ1) is 15.2. The van der Waals surface area contributed by atoms with Crippen LogP contribution in [0.2, 0.25) is 20.1 Å². The summed E-state index contributed by atoms with van der Waals surface area (Å²) in [7, 11) is 0. The highest BCUT2D eigenvalue weighted by atomic mass is 35.5. The van der Waals surface area contributed by atoms with Crippen LogP contribution in [-0.4, -0.2) is 41.9 Å². The van der Waals surface area contributed by atoms with Crippen molar-refractivity contribution in [3.8, 4) is 0 Å². The minimum atomic E-state index is -0.782. The number of amides is 2. The number of rotatable bonds is 6. The van der Waals surface area contributed by atoms with Crippen molar-refractivity contribution in [3.63, 3.8) is 0 Å². The number of benzene rings is 2. The van der Waals surface area contributed by atoms with Crippen LogP contribution in [0.5, 0.6) is 0 Å². The lowest BCUT2D eigenvalue weighted by Crippen LogP contribution is -2.52. The van der Waals surface area contributed by atoms with Gasteiger partial charge in [-0.05, 0) is 54.7 Å². The van der Waals surface area contributed by atoms with Crippen LogP contribution in [0.1, 0.15) is 30.4 Å². The second kappa shape index (κ2) is 9.40. The number of likely N-dealkylation sites (tertiary alicyclic amines) is 1. The Balaban J connectivity index is 1.59. The quantitative estimate of drug-likeness (QED) is 0.590. The molecule has 2 aromatic carbocycles. The Morgan fingerprint density at radius 3 is 2.28 bits per heavy atom. The van der Waals surface area contributed by atoms with Gasteiger partial charge in [0.1, 0.15) is 6.04 Å². The lowest BCUT2D eigenvalue weighted by atomic mass is 9.93. The number of nitrogens with zero attached hydrogens (tertiary/aromatic N) is 1. The van der Waals surface area contributed by atoms with Crippen LogP contribution >= 0.6 is 46.4 Å². The highest BCUT2D eigenvalue weighted by Gasteiger charge is 2.53. The van der Waals surface area contributed by atoms with Gasteiger partial charge in [0, 0.05) is 45.6 Å². The van der Waals surface area contributed by atoms with Crippen molar-refractivity contribution in [2.75, 3.05) is 13.1 Å². The Hall–Kier alpha value is -1.50. The van der Waals surface area contributed by atoms with Gasteiger partial charge in [-0.1, -0.05) is 58.5 Å². The lowest BCUT2D eigenvalue weighted by molar-refractivity contribution is -0.136. The molecule has 2 atom stereocenters. The van der Waals surface area contributed by atoms with E-state index in [1.54, 1.807) is 41.3 Å². The lowest BCUT2D eigenvalue weighted by Gasteiger charge is -2.27. The molecule has 170 valence electrons. The summed E-state index contributed by atoms with van der Waals surface area (Å²) in [4.78, 5) is 28.5. The summed E-state index contributed by atoms with van der Waals surface area (Å²) in [5, 5.41) is 4.89. The first-order valence-corrected chi connectivity index (χ1v) is 12.0. The number of carbonyl (C=O) groups is 2. The van der Waals surface area contributed by atoms with Gasteiger partial charge in [0.05, 0.1) is 5.41 Å².